The van der Waals surface area contributed by atoms with Crippen molar-refractivity contribution in [1.29, 1.82) is 5.26 Å². The summed E-state index contributed by atoms with van der Waals surface area (Å²) in [4.78, 5) is 26.9. The zero-order valence-electron chi connectivity index (χ0n) is 14.6. The first-order valence-electron chi connectivity index (χ1n) is 7.91. The number of nitro benzene ring substituents is 1. The van der Waals surface area contributed by atoms with Crippen molar-refractivity contribution in [2.75, 3.05) is 0 Å². The molecule has 0 aliphatic rings. The van der Waals surface area contributed by atoms with Crippen molar-refractivity contribution in [2.24, 2.45) is 10.9 Å². The molecular formula is C18H18N4O4. The Hall–Kier alpha value is -3.47. The van der Waals surface area contributed by atoms with Gasteiger partial charge in [-0.25, -0.2) is 0 Å². The number of nitrogens with zero attached hydrogens (tertiary/aromatic N) is 4. The maximum Gasteiger partial charge on any atom is 0.271 e. The van der Waals surface area contributed by atoms with Crippen LogP contribution in [0.3, 0.4) is 0 Å². The molecular weight excluding hydrogens is 336 g/mol. The van der Waals surface area contributed by atoms with Crippen molar-refractivity contribution < 1.29 is 10.0 Å². The SMILES string of the molecule is Cc1c(C=Nc2cccc([N+](=O)[O-])c2)c(O)n(CC(C)C)c(=O)c1C#N. The molecule has 1 heterocycles. The van der Waals surface area contributed by atoms with Gasteiger partial charge >= 0.3 is 0 Å². The molecule has 0 bridgehead atoms. The van der Waals surface area contributed by atoms with Crippen LogP contribution in [0.4, 0.5) is 11.4 Å². The largest absolute Gasteiger partial charge is 0.494 e. The minimum atomic E-state index is -0.552. The minimum absolute atomic E-state index is 0.0658. The van der Waals surface area contributed by atoms with E-state index in [1.807, 2.05) is 19.9 Å². The van der Waals surface area contributed by atoms with Crippen LogP contribution >= 0.6 is 0 Å². The summed E-state index contributed by atoms with van der Waals surface area (Å²) in [7, 11) is 0. The molecule has 2 rings (SSSR count). The highest BCUT2D eigenvalue weighted by Gasteiger charge is 2.18. The number of aromatic hydroxyl groups is 1. The number of rotatable bonds is 5. The van der Waals surface area contributed by atoms with Crippen molar-refractivity contribution in [3.63, 3.8) is 0 Å². The van der Waals surface area contributed by atoms with Gasteiger partial charge in [0.15, 0.2) is 0 Å². The lowest BCUT2D eigenvalue weighted by Gasteiger charge is -2.15. The van der Waals surface area contributed by atoms with E-state index < -0.39 is 10.5 Å². The van der Waals surface area contributed by atoms with E-state index in [2.05, 4.69) is 4.99 Å². The van der Waals surface area contributed by atoms with Crippen LogP contribution < -0.4 is 5.56 Å². The van der Waals surface area contributed by atoms with E-state index in [0.29, 0.717) is 11.3 Å². The van der Waals surface area contributed by atoms with E-state index in [0.717, 1.165) is 4.57 Å². The molecule has 26 heavy (non-hydrogen) atoms. The summed E-state index contributed by atoms with van der Waals surface area (Å²) < 4.78 is 1.14. The first-order chi connectivity index (χ1) is 12.3. The number of nitriles is 1. The van der Waals surface area contributed by atoms with E-state index in [1.54, 1.807) is 13.0 Å². The van der Waals surface area contributed by atoms with Gasteiger partial charge in [0, 0.05) is 24.9 Å². The Balaban J connectivity index is 2.59. The maximum atomic E-state index is 12.4. The fraction of sp³-hybridized carbons (Fsp3) is 0.278. The first kappa shape index (κ1) is 18.9. The van der Waals surface area contributed by atoms with Gasteiger partial charge in [-0.3, -0.25) is 24.5 Å². The van der Waals surface area contributed by atoms with Crippen LogP contribution in [0.15, 0.2) is 34.1 Å². The average Bonchev–Trinajstić information content (AvgIpc) is 2.59. The molecule has 1 aromatic heterocycles. The predicted molar refractivity (Wildman–Crippen MR) is 97.0 cm³/mol. The second kappa shape index (κ2) is 7.61. The van der Waals surface area contributed by atoms with Gasteiger partial charge in [0.25, 0.3) is 11.2 Å². The summed E-state index contributed by atoms with van der Waals surface area (Å²) in [6, 6.07) is 7.58. The standard InChI is InChI=1S/C18H18N4O4/c1-11(2)10-21-17(23)15(8-19)12(3)16(18(21)24)9-20-13-5-4-6-14(7-13)22(25)26/h4-7,9,11,24H,10H2,1-3H3. The van der Waals surface area contributed by atoms with Crippen LogP contribution in [-0.2, 0) is 6.54 Å². The Morgan fingerprint density at radius 3 is 2.73 bits per heavy atom. The summed E-state index contributed by atoms with van der Waals surface area (Å²) in [5.74, 6) is -0.205. The quantitative estimate of drug-likeness (QED) is 0.502. The number of pyridine rings is 1. The summed E-state index contributed by atoms with van der Waals surface area (Å²) in [6.45, 7) is 5.56. The third-order valence-electron chi connectivity index (χ3n) is 3.78. The van der Waals surface area contributed by atoms with E-state index >= 15 is 0 Å². The van der Waals surface area contributed by atoms with Gasteiger partial charge in [-0.1, -0.05) is 19.9 Å². The van der Waals surface area contributed by atoms with Crippen molar-refractivity contribution in [3.8, 4) is 11.9 Å². The number of benzene rings is 1. The third kappa shape index (κ3) is 3.78. The summed E-state index contributed by atoms with van der Waals surface area (Å²) in [6.07, 6.45) is 1.31. The summed E-state index contributed by atoms with van der Waals surface area (Å²) in [5, 5.41) is 30.6. The molecule has 1 aromatic carbocycles. The van der Waals surface area contributed by atoms with Crippen molar-refractivity contribution in [2.45, 2.75) is 27.3 Å². The Labute approximate surface area is 149 Å². The molecule has 8 heteroatoms. The summed E-state index contributed by atoms with van der Waals surface area (Å²) in [5.41, 5.74) is 0.131. The Morgan fingerprint density at radius 2 is 2.15 bits per heavy atom. The molecule has 0 aliphatic heterocycles. The smallest absolute Gasteiger partial charge is 0.271 e. The molecule has 0 spiro atoms. The predicted octanol–water partition coefficient (Wildman–Crippen LogP) is 3.05. The Morgan fingerprint density at radius 1 is 1.46 bits per heavy atom. The van der Waals surface area contributed by atoms with Crippen LogP contribution in [0, 0.1) is 34.3 Å². The van der Waals surface area contributed by atoms with Gasteiger partial charge < -0.3 is 5.11 Å². The zero-order valence-corrected chi connectivity index (χ0v) is 14.6. The molecule has 8 nitrogen and oxygen atoms in total. The van der Waals surface area contributed by atoms with Gasteiger partial charge in [0.1, 0.15) is 11.6 Å². The second-order valence-electron chi connectivity index (χ2n) is 6.19. The molecule has 0 aliphatic carbocycles. The molecule has 0 saturated carbocycles. The number of nitro groups is 1. The molecule has 0 unspecified atom stereocenters. The second-order valence-corrected chi connectivity index (χ2v) is 6.19. The molecule has 1 N–H and O–H groups in total. The molecule has 0 amide bonds. The van der Waals surface area contributed by atoms with Crippen molar-refractivity contribution >= 4 is 17.6 Å². The number of aromatic nitrogens is 1. The zero-order chi connectivity index (χ0) is 19.4. The van der Waals surface area contributed by atoms with E-state index in [9.17, 15) is 25.3 Å². The highest BCUT2D eigenvalue weighted by atomic mass is 16.6. The third-order valence-corrected chi connectivity index (χ3v) is 3.78. The minimum Gasteiger partial charge on any atom is -0.494 e. The van der Waals surface area contributed by atoms with Gasteiger partial charge in [0.2, 0.25) is 5.88 Å². The van der Waals surface area contributed by atoms with Crippen LogP contribution in [0.1, 0.15) is 30.5 Å². The molecule has 0 radical (unpaired) electrons. The molecule has 2 aromatic rings. The fourth-order valence-corrected chi connectivity index (χ4v) is 2.49. The number of non-ortho nitro benzene ring substituents is 1. The van der Waals surface area contributed by atoms with Crippen LogP contribution in [0.25, 0.3) is 0 Å². The average molecular weight is 354 g/mol. The van der Waals surface area contributed by atoms with E-state index in [-0.39, 0.29) is 35.2 Å². The lowest BCUT2D eigenvalue weighted by atomic mass is 10.1. The molecule has 0 fully saturated rings. The number of hydrogen-bond acceptors (Lipinski definition) is 6. The van der Waals surface area contributed by atoms with Crippen LogP contribution in [0.5, 0.6) is 5.88 Å². The van der Waals surface area contributed by atoms with E-state index in [1.165, 1.54) is 24.4 Å². The maximum absolute atomic E-state index is 12.4. The normalized spacial score (nSPS) is 11.0. The van der Waals surface area contributed by atoms with Gasteiger partial charge in [0.05, 0.1) is 16.2 Å². The summed E-state index contributed by atoms with van der Waals surface area (Å²) >= 11 is 0. The monoisotopic (exact) mass is 354 g/mol. The van der Waals surface area contributed by atoms with Gasteiger partial charge in [-0.2, -0.15) is 5.26 Å². The van der Waals surface area contributed by atoms with Crippen molar-refractivity contribution in [3.05, 3.63) is 61.4 Å². The molecule has 0 saturated heterocycles. The lowest BCUT2D eigenvalue weighted by Crippen LogP contribution is -2.27. The Bertz CT molecular complexity index is 984. The van der Waals surface area contributed by atoms with Crippen LogP contribution in [0.2, 0.25) is 0 Å². The molecule has 0 atom stereocenters. The van der Waals surface area contributed by atoms with Crippen molar-refractivity contribution in [1.82, 2.24) is 4.57 Å². The number of hydrogen-bond donors (Lipinski definition) is 1. The van der Waals surface area contributed by atoms with E-state index in [4.69, 9.17) is 0 Å². The highest BCUT2D eigenvalue weighted by molar-refractivity contribution is 5.87. The van der Waals surface area contributed by atoms with Crippen LogP contribution in [-0.4, -0.2) is 20.8 Å². The lowest BCUT2D eigenvalue weighted by molar-refractivity contribution is -0.384. The van der Waals surface area contributed by atoms with Gasteiger partial charge in [-0.05, 0) is 24.5 Å². The highest BCUT2D eigenvalue weighted by Crippen LogP contribution is 2.23. The number of aliphatic imine (C=N–C) groups is 1. The Kier molecular flexibility index (Phi) is 5.52. The van der Waals surface area contributed by atoms with Gasteiger partial charge in [-0.15, -0.1) is 0 Å². The fourth-order valence-electron chi connectivity index (χ4n) is 2.49. The topological polar surface area (TPSA) is 122 Å². The first-order valence-corrected chi connectivity index (χ1v) is 7.91. The molecule has 134 valence electrons.